The SMILES string of the molecule is COCCC(O)Cc1ncc(C)c(OC)c1C. The summed E-state index contributed by atoms with van der Waals surface area (Å²) in [6, 6.07) is 0. The number of ether oxygens (including phenoxy) is 2. The van der Waals surface area contributed by atoms with Crippen LogP contribution in [-0.2, 0) is 11.2 Å². The Morgan fingerprint density at radius 2 is 2.06 bits per heavy atom. The van der Waals surface area contributed by atoms with Crippen LogP contribution >= 0.6 is 0 Å². The van der Waals surface area contributed by atoms with Crippen LogP contribution in [0.5, 0.6) is 5.75 Å². The highest BCUT2D eigenvalue weighted by Gasteiger charge is 2.13. The summed E-state index contributed by atoms with van der Waals surface area (Å²) < 4.78 is 10.3. The van der Waals surface area contributed by atoms with Crippen LogP contribution in [0.3, 0.4) is 0 Å². The van der Waals surface area contributed by atoms with Crippen LogP contribution in [0.25, 0.3) is 0 Å². The van der Waals surface area contributed by atoms with Crippen molar-refractivity contribution in [3.8, 4) is 5.75 Å². The molecule has 1 unspecified atom stereocenters. The molecule has 0 aliphatic carbocycles. The van der Waals surface area contributed by atoms with E-state index >= 15 is 0 Å². The minimum absolute atomic E-state index is 0.423. The molecule has 4 nitrogen and oxygen atoms in total. The lowest BCUT2D eigenvalue weighted by Gasteiger charge is -2.14. The number of aromatic nitrogens is 1. The van der Waals surface area contributed by atoms with Crippen molar-refractivity contribution in [3.05, 3.63) is 23.0 Å². The van der Waals surface area contributed by atoms with E-state index in [2.05, 4.69) is 4.98 Å². The van der Waals surface area contributed by atoms with Crippen LogP contribution in [0.15, 0.2) is 6.20 Å². The highest BCUT2D eigenvalue weighted by molar-refractivity contribution is 5.41. The number of nitrogens with zero attached hydrogens (tertiary/aromatic N) is 1. The van der Waals surface area contributed by atoms with E-state index in [0.29, 0.717) is 19.4 Å². The van der Waals surface area contributed by atoms with Crippen molar-refractivity contribution < 1.29 is 14.6 Å². The zero-order chi connectivity index (χ0) is 12.8. The number of aliphatic hydroxyl groups excluding tert-OH is 1. The Kier molecular flexibility index (Phi) is 5.38. The van der Waals surface area contributed by atoms with Gasteiger partial charge in [0.1, 0.15) is 5.75 Å². The largest absolute Gasteiger partial charge is 0.496 e. The third kappa shape index (κ3) is 3.68. The van der Waals surface area contributed by atoms with Crippen molar-refractivity contribution in [1.29, 1.82) is 0 Å². The smallest absolute Gasteiger partial charge is 0.128 e. The Balaban J connectivity index is 2.78. The van der Waals surface area contributed by atoms with E-state index in [4.69, 9.17) is 9.47 Å². The summed E-state index contributed by atoms with van der Waals surface area (Å²) in [5, 5.41) is 9.83. The fourth-order valence-electron chi connectivity index (χ4n) is 1.86. The zero-order valence-corrected chi connectivity index (χ0v) is 11.0. The highest BCUT2D eigenvalue weighted by Crippen LogP contribution is 2.24. The monoisotopic (exact) mass is 239 g/mol. The molecular weight excluding hydrogens is 218 g/mol. The maximum absolute atomic E-state index is 9.83. The Bertz CT molecular complexity index is 366. The molecule has 4 heteroatoms. The molecule has 0 spiro atoms. The van der Waals surface area contributed by atoms with Crippen LogP contribution in [0.2, 0.25) is 0 Å². The maximum Gasteiger partial charge on any atom is 0.128 e. The Labute approximate surface area is 103 Å². The second kappa shape index (κ2) is 6.57. The first-order chi connectivity index (χ1) is 8.10. The number of aryl methyl sites for hydroxylation is 1. The summed E-state index contributed by atoms with van der Waals surface area (Å²) in [5.41, 5.74) is 2.90. The van der Waals surface area contributed by atoms with E-state index in [1.807, 2.05) is 13.8 Å². The van der Waals surface area contributed by atoms with E-state index in [0.717, 1.165) is 22.6 Å². The minimum atomic E-state index is -0.423. The van der Waals surface area contributed by atoms with Gasteiger partial charge in [0.05, 0.1) is 13.2 Å². The van der Waals surface area contributed by atoms with Gasteiger partial charge in [-0.05, 0) is 20.3 Å². The lowest BCUT2D eigenvalue weighted by Crippen LogP contribution is -2.15. The van der Waals surface area contributed by atoms with Gasteiger partial charge in [0.2, 0.25) is 0 Å². The molecule has 0 aromatic carbocycles. The molecule has 1 heterocycles. The van der Waals surface area contributed by atoms with Gasteiger partial charge < -0.3 is 14.6 Å². The zero-order valence-electron chi connectivity index (χ0n) is 11.0. The van der Waals surface area contributed by atoms with E-state index in [-0.39, 0.29) is 0 Å². The predicted molar refractivity (Wildman–Crippen MR) is 66.5 cm³/mol. The Hall–Kier alpha value is -1.13. The summed E-state index contributed by atoms with van der Waals surface area (Å²) in [6.45, 7) is 4.49. The van der Waals surface area contributed by atoms with Gasteiger partial charge in [-0.3, -0.25) is 4.98 Å². The van der Waals surface area contributed by atoms with Gasteiger partial charge in [-0.25, -0.2) is 0 Å². The third-order valence-electron chi connectivity index (χ3n) is 2.83. The van der Waals surface area contributed by atoms with Gasteiger partial charge >= 0.3 is 0 Å². The average Bonchev–Trinajstić information content (AvgIpc) is 2.31. The first-order valence-electron chi connectivity index (χ1n) is 5.76. The number of hydrogen-bond acceptors (Lipinski definition) is 4. The molecule has 0 fully saturated rings. The van der Waals surface area contributed by atoms with E-state index in [9.17, 15) is 5.11 Å². The second-order valence-electron chi connectivity index (χ2n) is 4.19. The van der Waals surface area contributed by atoms with Crippen molar-refractivity contribution in [3.63, 3.8) is 0 Å². The quantitative estimate of drug-likeness (QED) is 0.820. The van der Waals surface area contributed by atoms with Gasteiger partial charge in [-0.2, -0.15) is 0 Å². The van der Waals surface area contributed by atoms with Crippen molar-refractivity contribution in [2.45, 2.75) is 32.8 Å². The van der Waals surface area contributed by atoms with Gasteiger partial charge in [0.15, 0.2) is 0 Å². The molecule has 0 saturated carbocycles. The number of hydrogen-bond donors (Lipinski definition) is 1. The predicted octanol–water partition coefficient (Wildman–Crippen LogP) is 1.65. The number of rotatable bonds is 6. The fourth-order valence-corrected chi connectivity index (χ4v) is 1.86. The van der Waals surface area contributed by atoms with Crippen LogP contribution in [0.4, 0.5) is 0 Å². The van der Waals surface area contributed by atoms with Crippen LogP contribution in [0.1, 0.15) is 23.2 Å². The number of aliphatic hydroxyl groups is 1. The molecule has 1 aromatic heterocycles. The molecule has 1 rings (SSSR count). The summed E-state index contributed by atoms with van der Waals surface area (Å²) in [6.07, 6.45) is 2.51. The van der Waals surface area contributed by atoms with Crippen LogP contribution in [-0.4, -0.2) is 37.0 Å². The molecular formula is C13H21NO3. The van der Waals surface area contributed by atoms with Crippen LogP contribution < -0.4 is 4.74 Å². The van der Waals surface area contributed by atoms with E-state index in [1.54, 1.807) is 20.4 Å². The summed E-state index contributed by atoms with van der Waals surface area (Å²) in [5.74, 6) is 0.856. The molecule has 0 saturated heterocycles. The number of methoxy groups -OCH3 is 2. The van der Waals surface area contributed by atoms with Gasteiger partial charge in [0.25, 0.3) is 0 Å². The molecule has 0 bridgehead atoms. The first-order valence-corrected chi connectivity index (χ1v) is 5.76. The second-order valence-corrected chi connectivity index (χ2v) is 4.19. The van der Waals surface area contributed by atoms with Gasteiger partial charge in [-0.1, -0.05) is 0 Å². The van der Waals surface area contributed by atoms with Crippen LogP contribution in [0, 0.1) is 13.8 Å². The third-order valence-corrected chi connectivity index (χ3v) is 2.83. The summed E-state index contributed by atoms with van der Waals surface area (Å²) >= 11 is 0. The number of pyridine rings is 1. The Morgan fingerprint density at radius 3 is 2.65 bits per heavy atom. The summed E-state index contributed by atoms with van der Waals surface area (Å²) in [7, 11) is 3.28. The van der Waals surface area contributed by atoms with E-state index in [1.165, 1.54) is 0 Å². The molecule has 1 N–H and O–H groups in total. The molecule has 96 valence electrons. The maximum atomic E-state index is 9.83. The van der Waals surface area contributed by atoms with Crippen molar-refractivity contribution in [2.24, 2.45) is 0 Å². The normalized spacial score (nSPS) is 12.5. The Morgan fingerprint density at radius 1 is 1.35 bits per heavy atom. The highest BCUT2D eigenvalue weighted by atomic mass is 16.5. The van der Waals surface area contributed by atoms with Crippen molar-refractivity contribution >= 4 is 0 Å². The first kappa shape index (κ1) is 13.9. The van der Waals surface area contributed by atoms with Crippen molar-refractivity contribution in [2.75, 3.05) is 20.8 Å². The van der Waals surface area contributed by atoms with Gasteiger partial charge in [-0.15, -0.1) is 0 Å². The minimum Gasteiger partial charge on any atom is -0.496 e. The molecule has 0 amide bonds. The van der Waals surface area contributed by atoms with Gasteiger partial charge in [0, 0.05) is 43.2 Å². The molecule has 0 aliphatic heterocycles. The summed E-state index contributed by atoms with van der Waals surface area (Å²) in [4.78, 5) is 4.35. The fraction of sp³-hybridized carbons (Fsp3) is 0.615. The molecule has 0 radical (unpaired) electrons. The molecule has 1 aromatic rings. The topological polar surface area (TPSA) is 51.6 Å². The standard InChI is InChI=1S/C13H21NO3/c1-9-8-14-12(10(2)13(9)17-4)7-11(15)5-6-16-3/h8,11,15H,5-7H2,1-4H3. The molecule has 1 atom stereocenters. The van der Waals surface area contributed by atoms with Crippen molar-refractivity contribution in [1.82, 2.24) is 4.98 Å². The average molecular weight is 239 g/mol. The van der Waals surface area contributed by atoms with E-state index < -0.39 is 6.10 Å². The molecule has 17 heavy (non-hydrogen) atoms. The lowest BCUT2D eigenvalue weighted by molar-refractivity contribution is 0.109. The molecule has 0 aliphatic rings. The lowest BCUT2D eigenvalue weighted by atomic mass is 10.0.